The van der Waals surface area contributed by atoms with E-state index in [0.717, 1.165) is 18.9 Å². The van der Waals surface area contributed by atoms with Crippen LogP contribution in [-0.2, 0) is 9.47 Å². The maximum absolute atomic E-state index is 5.38. The Labute approximate surface area is 107 Å². The fourth-order valence-electron chi connectivity index (χ4n) is 2.32. The van der Waals surface area contributed by atoms with Gasteiger partial charge in [-0.05, 0) is 18.9 Å². The van der Waals surface area contributed by atoms with Gasteiger partial charge in [0.15, 0.2) is 6.29 Å². The van der Waals surface area contributed by atoms with Gasteiger partial charge in [-0.1, -0.05) is 46.5 Å². The van der Waals surface area contributed by atoms with E-state index < -0.39 is 0 Å². The van der Waals surface area contributed by atoms with Crippen LogP contribution in [0.5, 0.6) is 0 Å². The lowest BCUT2D eigenvalue weighted by atomic mass is 9.91. The molecule has 0 rings (SSSR count). The van der Waals surface area contributed by atoms with Gasteiger partial charge in [0.25, 0.3) is 0 Å². The molecule has 0 fully saturated rings. The van der Waals surface area contributed by atoms with Crippen LogP contribution in [0.15, 0.2) is 0 Å². The van der Waals surface area contributed by atoms with Crippen molar-refractivity contribution in [2.75, 3.05) is 20.8 Å². The molecule has 0 bridgehead atoms. The molecule has 0 aromatic heterocycles. The molecule has 0 aromatic carbocycles. The minimum Gasteiger partial charge on any atom is -0.354 e. The van der Waals surface area contributed by atoms with Crippen molar-refractivity contribution >= 4 is 0 Å². The highest BCUT2D eigenvalue weighted by Crippen LogP contribution is 2.20. The fraction of sp³-hybridized carbons (Fsp3) is 1.00. The maximum atomic E-state index is 5.38. The summed E-state index contributed by atoms with van der Waals surface area (Å²) in [6, 6.07) is 0.303. The van der Waals surface area contributed by atoms with Crippen LogP contribution in [-0.4, -0.2) is 33.1 Å². The summed E-state index contributed by atoms with van der Waals surface area (Å²) in [6.45, 7) is 7.61. The minimum atomic E-state index is -0.134. The van der Waals surface area contributed by atoms with Gasteiger partial charge in [0, 0.05) is 14.2 Å². The van der Waals surface area contributed by atoms with Gasteiger partial charge in [-0.25, -0.2) is 0 Å². The molecule has 0 aromatic rings. The first-order chi connectivity index (χ1) is 8.23. The van der Waals surface area contributed by atoms with Gasteiger partial charge in [-0.3, -0.25) is 0 Å². The summed E-state index contributed by atoms with van der Waals surface area (Å²) < 4.78 is 10.8. The van der Waals surface area contributed by atoms with Gasteiger partial charge in [0.05, 0.1) is 6.04 Å². The number of likely N-dealkylation sites (N-methyl/N-ethyl adjacent to an activating group) is 1. The summed E-state index contributed by atoms with van der Waals surface area (Å²) in [5.41, 5.74) is 0. The molecule has 3 heteroatoms. The van der Waals surface area contributed by atoms with Gasteiger partial charge in [0.1, 0.15) is 0 Å². The van der Waals surface area contributed by atoms with Crippen molar-refractivity contribution in [1.29, 1.82) is 0 Å². The molecular weight excluding hydrogens is 214 g/mol. The van der Waals surface area contributed by atoms with E-state index in [1.54, 1.807) is 14.2 Å². The summed E-state index contributed by atoms with van der Waals surface area (Å²) >= 11 is 0. The average Bonchev–Trinajstić information content (AvgIpc) is 2.35. The molecule has 104 valence electrons. The van der Waals surface area contributed by atoms with Crippen LogP contribution in [0, 0.1) is 5.92 Å². The summed E-state index contributed by atoms with van der Waals surface area (Å²) in [5, 5.41) is 3.48. The van der Waals surface area contributed by atoms with Crippen molar-refractivity contribution in [3.8, 4) is 0 Å². The van der Waals surface area contributed by atoms with E-state index in [0.29, 0.717) is 6.04 Å². The SMILES string of the molecule is CCCCC(CC)CC(NCC)C(OC)OC. The van der Waals surface area contributed by atoms with Gasteiger partial charge in [-0.2, -0.15) is 0 Å². The number of ether oxygens (including phenoxy) is 2. The van der Waals surface area contributed by atoms with Gasteiger partial charge in [-0.15, -0.1) is 0 Å². The van der Waals surface area contributed by atoms with Crippen molar-refractivity contribution < 1.29 is 9.47 Å². The lowest BCUT2D eigenvalue weighted by Crippen LogP contribution is -2.43. The van der Waals surface area contributed by atoms with Crippen LogP contribution in [0.3, 0.4) is 0 Å². The Morgan fingerprint density at radius 3 is 2.12 bits per heavy atom. The van der Waals surface area contributed by atoms with Gasteiger partial charge < -0.3 is 14.8 Å². The quantitative estimate of drug-likeness (QED) is 0.567. The van der Waals surface area contributed by atoms with Crippen LogP contribution in [0.4, 0.5) is 0 Å². The number of nitrogens with one attached hydrogen (secondary N) is 1. The molecule has 0 amide bonds. The average molecular weight is 245 g/mol. The third-order valence-corrected chi connectivity index (χ3v) is 3.39. The first-order valence-corrected chi connectivity index (χ1v) is 7.02. The standard InChI is InChI=1S/C14H31NO2/c1-6-9-10-12(7-2)11-13(15-8-3)14(16-4)17-5/h12-15H,6-11H2,1-5H3. The predicted octanol–water partition coefficient (Wildman–Crippen LogP) is 3.19. The predicted molar refractivity (Wildman–Crippen MR) is 73.2 cm³/mol. The smallest absolute Gasteiger partial charge is 0.171 e. The van der Waals surface area contributed by atoms with E-state index >= 15 is 0 Å². The molecule has 0 saturated heterocycles. The summed E-state index contributed by atoms with van der Waals surface area (Å²) in [6.07, 6.45) is 6.15. The number of unbranched alkanes of at least 4 members (excludes halogenated alkanes) is 1. The lowest BCUT2D eigenvalue weighted by Gasteiger charge is -2.28. The Kier molecular flexibility index (Phi) is 10.9. The number of hydrogen-bond acceptors (Lipinski definition) is 3. The fourth-order valence-corrected chi connectivity index (χ4v) is 2.32. The monoisotopic (exact) mass is 245 g/mol. The van der Waals surface area contributed by atoms with Crippen LogP contribution < -0.4 is 5.32 Å². The topological polar surface area (TPSA) is 30.5 Å². The second kappa shape index (κ2) is 11.0. The van der Waals surface area contributed by atoms with Crippen molar-refractivity contribution in [3.05, 3.63) is 0 Å². The first-order valence-electron chi connectivity index (χ1n) is 7.02. The Balaban J connectivity index is 4.27. The molecule has 1 N–H and O–H groups in total. The summed E-state index contributed by atoms with van der Waals surface area (Å²) in [5.74, 6) is 0.770. The molecule has 2 unspecified atom stereocenters. The molecule has 0 heterocycles. The zero-order chi connectivity index (χ0) is 13.1. The normalized spacial score (nSPS) is 15.2. The van der Waals surface area contributed by atoms with E-state index in [4.69, 9.17) is 9.47 Å². The summed E-state index contributed by atoms with van der Waals surface area (Å²) in [4.78, 5) is 0. The second-order valence-corrected chi connectivity index (χ2v) is 4.66. The Hall–Kier alpha value is -0.120. The van der Waals surface area contributed by atoms with Gasteiger partial charge in [0.2, 0.25) is 0 Å². The molecule has 0 spiro atoms. The van der Waals surface area contributed by atoms with E-state index in [1.807, 2.05) is 0 Å². The largest absolute Gasteiger partial charge is 0.354 e. The van der Waals surface area contributed by atoms with E-state index in [2.05, 4.69) is 26.1 Å². The highest BCUT2D eigenvalue weighted by Gasteiger charge is 2.23. The van der Waals surface area contributed by atoms with Crippen LogP contribution in [0.25, 0.3) is 0 Å². The molecule has 0 saturated carbocycles. The second-order valence-electron chi connectivity index (χ2n) is 4.66. The van der Waals surface area contributed by atoms with Crippen LogP contribution in [0.2, 0.25) is 0 Å². The van der Waals surface area contributed by atoms with E-state index in [9.17, 15) is 0 Å². The molecule has 0 aliphatic carbocycles. The molecule has 0 aliphatic rings. The third kappa shape index (κ3) is 7.02. The maximum Gasteiger partial charge on any atom is 0.171 e. The van der Waals surface area contributed by atoms with Crippen molar-refractivity contribution in [3.63, 3.8) is 0 Å². The zero-order valence-corrected chi connectivity index (χ0v) is 12.3. The summed E-state index contributed by atoms with van der Waals surface area (Å²) in [7, 11) is 3.43. The Morgan fingerprint density at radius 1 is 1.06 bits per heavy atom. The van der Waals surface area contributed by atoms with E-state index in [1.165, 1.54) is 25.7 Å². The van der Waals surface area contributed by atoms with Crippen LogP contribution in [0.1, 0.15) is 52.9 Å². The van der Waals surface area contributed by atoms with Crippen molar-refractivity contribution in [1.82, 2.24) is 5.32 Å². The van der Waals surface area contributed by atoms with Crippen molar-refractivity contribution in [2.45, 2.75) is 65.2 Å². The number of rotatable bonds is 11. The highest BCUT2D eigenvalue weighted by atomic mass is 16.7. The number of methoxy groups -OCH3 is 2. The van der Waals surface area contributed by atoms with E-state index in [-0.39, 0.29) is 6.29 Å². The Morgan fingerprint density at radius 2 is 1.71 bits per heavy atom. The molecule has 3 nitrogen and oxygen atoms in total. The first kappa shape index (κ1) is 16.9. The molecular formula is C14H31NO2. The highest BCUT2D eigenvalue weighted by molar-refractivity contribution is 4.74. The zero-order valence-electron chi connectivity index (χ0n) is 12.3. The molecule has 2 atom stereocenters. The van der Waals surface area contributed by atoms with Crippen molar-refractivity contribution in [2.24, 2.45) is 5.92 Å². The molecule has 0 radical (unpaired) electrons. The third-order valence-electron chi connectivity index (χ3n) is 3.39. The van der Waals surface area contributed by atoms with Gasteiger partial charge >= 0.3 is 0 Å². The molecule has 17 heavy (non-hydrogen) atoms. The minimum absolute atomic E-state index is 0.134. The number of hydrogen-bond donors (Lipinski definition) is 1. The Bertz CT molecular complexity index is 160. The molecule has 0 aliphatic heterocycles. The van der Waals surface area contributed by atoms with Crippen LogP contribution >= 0.6 is 0 Å². The lowest BCUT2D eigenvalue weighted by molar-refractivity contribution is -0.126.